The molecule has 7 heteroatoms. The number of piperidine rings is 1. The Morgan fingerprint density at radius 2 is 1.79 bits per heavy atom. The van der Waals surface area contributed by atoms with E-state index in [1.54, 1.807) is 0 Å². The average Bonchev–Trinajstić information content (AvgIpc) is 2.74. The molecule has 2 aliphatic heterocycles. The molecule has 152 valence electrons. The molecule has 4 rings (SSSR count). The molecule has 4 nitrogen and oxygen atoms in total. The van der Waals surface area contributed by atoms with Gasteiger partial charge >= 0.3 is 0 Å². The lowest BCUT2D eigenvalue weighted by molar-refractivity contribution is -0.127. The molecule has 1 N–H and O–H groups in total. The van der Waals surface area contributed by atoms with E-state index in [1.807, 2.05) is 59.1 Å². The van der Waals surface area contributed by atoms with Gasteiger partial charge in [0, 0.05) is 44.7 Å². The fourth-order valence-corrected chi connectivity index (χ4v) is 5.48. The van der Waals surface area contributed by atoms with E-state index in [0.29, 0.717) is 36.5 Å². The summed E-state index contributed by atoms with van der Waals surface area (Å²) in [6, 6.07) is 13.3. The van der Waals surface area contributed by atoms with Crippen molar-refractivity contribution in [2.45, 2.75) is 30.2 Å². The number of carbonyl (C=O) groups is 2. The van der Waals surface area contributed by atoms with Gasteiger partial charge in [0.1, 0.15) is 0 Å². The first kappa shape index (κ1) is 20.8. The summed E-state index contributed by atoms with van der Waals surface area (Å²) in [4.78, 5) is 28.6. The highest BCUT2D eigenvalue weighted by atomic mass is 79.9. The molecule has 0 spiro atoms. The number of nitrogens with one attached hydrogen (secondary N) is 1. The number of halogens is 2. The second-order valence-corrected chi connectivity index (χ2v) is 9.94. The maximum Gasteiger partial charge on any atom is 0.253 e. The van der Waals surface area contributed by atoms with E-state index < -0.39 is 0 Å². The van der Waals surface area contributed by atoms with Crippen LogP contribution in [0.5, 0.6) is 0 Å². The molecule has 0 aliphatic carbocycles. The lowest BCUT2D eigenvalue weighted by Gasteiger charge is -2.33. The van der Waals surface area contributed by atoms with E-state index in [0.717, 1.165) is 22.2 Å². The van der Waals surface area contributed by atoms with Crippen LogP contribution < -0.4 is 5.32 Å². The Morgan fingerprint density at radius 1 is 1.07 bits per heavy atom. The third-order valence-electron chi connectivity index (χ3n) is 5.57. The molecule has 29 heavy (non-hydrogen) atoms. The summed E-state index contributed by atoms with van der Waals surface area (Å²) < 4.78 is 0.952. The number of hydrogen-bond donors (Lipinski definition) is 1. The zero-order valence-electron chi connectivity index (χ0n) is 15.9. The Balaban J connectivity index is 1.35. The summed E-state index contributed by atoms with van der Waals surface area (Å²) in [7, 11) is 0. The average molecular weight is 494 g/mol. The molecule has 2 aromatic carbocycles. The summed E-state index contributed by atoms with van der Waals surface area (Å²) in [5, 5.41) is 3.93. The van der Waals surface area contributed by atoms with Crippen LogP contribution in [0.3, 0.4) is 0 Å². The Bertz CT molecular complexity index is 914. The molecule has 2 amide bonds. The maximum absolute atomic E-state index is 12.9. The van der Waals surface area contributed by atoms with Gasteiger partial charge < -0.3 is 10.2 Å². The van der Waals surface area contributed by atoms with Gasteiger partial charge in [-0.05, 0) is 67.3 Å². The molecule has 0 aromatic heterocycles. The van der Waals surface area contributed by atoms with Crippen LogP contribution >= 0.6 is 39.3 Å². The van der Waals surface area contributed by atoms with E-state index in [9.17, 15) is 9.59 Å². The summed E-state index contributed by atoms with van der Waals surface area (Å²) in [6.45, 7) is 1.21. The monoisotopic (exact) mass is 492 g/mol. The third-order valence-corrected chi connectivity index (χ3v) is 7.46. The summed E-state index contributed by atoms with van der Waals surface area (Å²) in [5.74, 6) is 1.05. The Labute approximate surface area is 188 Å². The molecule has 1 atom stereocenters. The molecular weight excluding hydrogens is 472 g/mol. The Hall–Kier alpha value is -1.50. The van der Waals surface area contributed by atoms with Crippen LogP contribution in [0.25, 0.3) is 0 Å². The van der Waals surface area contributed by atoms with Crippen molar-refractivity contribution in [2.75, 3.05) is 18.8 Å². The Kier molecular flexibility index (Phi) is 6.52. The fourth-order valence-electron chi connectivity index (χ4n) is 3.92. The molecule has 0 unspecified atom stereocenters. The SMILES string of the molecule is O=C(N[C@@H]1CCSc2ccc(Cl)cc21)C1CCN(C(=O)c2ccc(Br)cc2)CC1. The smallest absolute Gasteiger partial charge is 0.253 e. The van der Waals surface area contributed by atoms with E-state index in [2.05, 4.69) is 21.2 Å². The zero-order valence-corrected chi connectivity index (χ0v) is 19.0. The van der Waals surface area contributed by atoms with Crippen molar-refractivity contribution in [3.05, 3.63) is 63.1 Å². The number of carbonyl (C=O) groups excluding carboxylic acids is 2. The van der Waals surface area contributed by atoms with Crippen molar-refractivity contribution < 1.29 is 9.59 Å². The van der Waals surface area contributed by atoms with Crippen molar-refractivity contribution in [1.82, 2.24) is 10.2 Å². The van der Waals surface area contributed by atoms with Crippen LogP contribution in [-0.2, 0) is 4.79 Å². The van der Waals surface area contributed by atoms with Gasteiger partial charge in [-0.3, -0.25) is 9.59 Å². The number of nitrogens with zero attached hydrogens (tertiary/aromatic N) is 1. The van der Waals surface area contributed by atoms with E-state index in [-0.39, 0.29) is 23.8 Å². The largest absolute Gasteiger partial charge is 0.349 e. The predicted molar refractivity (Wildman–Crippen MR) is 120 cm³/mol. The molecule has 1 fully saturated rings. The molecule has 2 aliphatic rings. The first-order chi connectivity index (χ1) is 14.0. The third kappa shape index (κ3) is 4.81. The quantitative estimate of drug-likeness (QED) is 0.630. The van der Waals surface area contributed by atoms with Crippen molar-refractivity contribution >= 4 is 51.1 Å². The molecule has 2 aromatic rings. The van der Waals surface area contributed by atoms with Gasteiger partial charge in [0.05, 0.1) is 6.04 Å². The minimum absolute atomic E-state index is 0.0138. The molecule has 0 saturated carbocycles. The first-order valence-electron chi connectivity index (χ1n) is 9.79. The number of rotatable bonds is 3. The summed E-state index contributed by atoms with van der Waals surface area (Å²) in [5.41, 5.74) is 1.80. The summed E-state index contributed by atoms with van der Waals surface area (Å²) in [6.07, 6.45) is 2.29. The molecule has 2 heterocycles. The van der Waals surface area contributed by atoms with Crippen molar-refractivity contribution in [1.29, 1.82) is 0 Å². The molecule has 1 saturated heterocycles. The molecular formula is C22H22BrClN2O2S. The van der Waals surface area contributed by atoms with Gasteiger partial charge in [0.2, 0.25) is 5.91 Å². The van der Waals surface area contributed by atoms with Gasteiger partial charge in [0.15, 0.2) is 0 Å². The lowest BCUT2D eigenvalue weighted by Crippen LogP contribution is -2.44. The predicted octanol–water partition coefficient (Wildman–Crippen LogP) is 5.31. The van der Waals surface area contributed by atoms with E-state index >= 15 is 0 Å². The van der Waals surface area contributed by atoms with Gasteiger partial charge in [-0.15, -0.1) is 11.8 Å². The maximum atomic E-state index is 12.9. The minimum atomic E-state index is -0.0545. The highest BCUT2D eigenvalue weighted by molar-refractivity contribution is 9.10. The second kappa shape index (κ2) is 9.11. The fraction of sp³-hybridized carbons (Fsp3) is 0.364. The normalized spacial score (nSPS) is 19.5. The topological polar surface area (TPSA) is 49.4 Å². The molecule has 0 radical (unpaired) electrons. The highest BCUT2D eigenvalue weighted by Crippen LogP contribution is 2.38. The van der Waals surface area contributed by atoms with Gasteiger partial charge in [0.25, 0.3) is 5.91 Å². The second-order valence-electron chi connectivity index (χ2n) is 7.45. The van der Waals surface area contributed by atoms with Crippen molar-refractivity contribution in [2.24, 2.45) is 5.92 Å². The van der Waals surface area contributed by atoms with Gasteiger partial charge in [-0.25, -0.2) is 0 Å². The van der Waals surface area contributed by atoms with Crippen LogP contribution in [0.15, 0.2) is 51.8 Å². The molecule has 0 bridgehead atoms. The number of fused-ring (bicyclic) bond motifs is 1. The zero-order chi connectivity index (χ0) is 20.4. The van der Waals surface area contributed by atoms with Crippen LogP contribution in [0.1, 0.15) is 41.2 Å². The van der Waals surface area contributed by atoms with Crippen LogP contribution in [0, 0.1) is 5.92 Å². The van der Waals surface area contributed by atoms with E-state index in [4.69, 9.17) is 11.6 Å². The Morgan fingerprint density at radius 3 is 2.52 bits per heavy atom. The number of amides is 2. The first-order valence-corrected chi connectivity index (χ1v) is 11.9. The van der Waals surface area contributed by atoms with Crippen LogP contribution in [0.4, 0.5) is 0 Å². The van der Waals surface area contributed by atoms with E-state index in [1.165, 1.54) is 4.90 Å². The minimum Gasteiger partial charge on any atom is -0.349 e. The number of thioether (sulfide) groups is 1. The van der Waals surface area contributed by atoms with Gasteiger partial charge in [-0.1, -0.05) is 27.5 Å². The lowest BCUT2D eigenvalue weighted by atomic mass is 9.94. The standard InChI is InChI=1S/C22H22BrClN2O2S/c23-16-3-1-15(2-4-16)22(28)26-10-7-14(8-11-26)21(27)25-19-9-12-29-20-6-5-17(24)13-18(19)20/h1-6,13-14,19H,7-12H2,(H,25,27)/t19-/m1/s1. The number of likely N-dealkylation sites (tertiary alicyclic amines) is 1. The van der Waals surface area contributed by atoms with Crippen molar-refractivity contribution in [3.8, 4) is 0 Å². The highest BCUT2D eigenvalue weighted by Gasteiger charge is 2.30. The van der Waals surface area contributed by atoms with Crippen molar-refractivity contribution in [3.63, 3.8) is 0 Å². The van der Waals surface area contributed by atoms with Crippen LogP contribution in [0.2, 0.25) is 5.02 Å². The van der Waals surface area contributed by atoms with Crippen LogP contribution in [-0.4, -0.2) is 35.6 Å². The van der Waals surface area contributed by atoms with Gasteiger partial charge in [-0.2, -0.15) is 0 Å². The number of hydrogen-bond acceptors (Lipinski definition) is 3. The number of benzene rings is 2. The summed E-state index contributed by atoms with van der Waals surface area (Å²) >= 11 is 11.4.